The predicted molar refractivity (Wildman–Crippen MR) is 129 cm³/mol. The monoisotopic (exact) mass is 419 g/mol. The Morgan fingerprint density at radius 1 is 0.677 bits per heavy atom. The molecule has 4 aromatic carbocycles. The van der Waals surface area contributed by atoms with Gasteiger partial charge in [0.25, 0.3) is 0 Å². The van der Waals surface area contributed by atoms with E-state index in [9.17, 15) is 0 Å². The Morgan fingerprint density at radius 2 is 1.29 bits per heavy atom. The molecule has 0 amide bonds. The molecule has 2 aliphatic rings. The van der Waals surface area contributed by atoms with Crippen LogP contribution in [-0.2, 0) is 11.2 Å². The van der Waals surface area contributed by atoms with Gasteiger partial charge in [0.1, 0.15) is 12.1 Å². The third-order valence-electron chi connectivity index (χ3n) is 6.07. The Hall–Kier alpha value is -3.22. The molecule has 0 saturated heterocycles. The molecule has 1 unspecified atom stereocenters. The topological polar surface area (TPSA) is 21.6 Å². The highest BCUT2D eigenvalue weighted by Gasteiger charge is 2.40. The summed E-state index contributed by atoms with van der Waals surface area (Å²) in [7, 11) is -0.711. The van der Waals surface area contributed by atoms with Crippen molar-refractivity contribution in [1.82, 2.24) is 0 Å². The summed E-state index contributed by atoms with van der Waals surface area (Å²) in [6.07, 6.45) is 1.04. The first-order valence-electron chi connectivity index (χ1n) is 10.7. The molecule has 1 aliphatic heterocycles. The van der Waals surface area contributed by atoms with Gasteiger partial charge in [-0.1, -0.05) is 103 Å². The molecule has 31 heavy (non-hydrogen) atoms. The lowest BCUT2D eigenvalue weighted by molar-refractivity contribution is 0.206. The summed E-state index contributed by atoms with van der Waals surface area (Å²) < 4.78 is 6.48. The van der Waals surface area contributed by atoms with Gasteiger partial charge in [-0.3, -0.25) is 0 Å². The van der Waals surface area contributed by atoms with Crippen molar-refractivity contribution in [3.63, 3.8) is 0 Å². The zero-order valence-corrected chi connectivity index (χ0v) is 18.0. The highest BCUT2D eigenvalue weighted by atomic mass is 31.1. The number of nitrogens with zero attached hydrogens (tertiary/aromatic N) is 1. The number of hydrogen-bond acceptors (Lipinski definition) is 2. The fourth-order valence-corrected chi connectivity index (χ4v) is 7.10. The molecule has 0 saturated carbocycles. The fraction of sp³-hybridized carbons (Fsp3) is 0.107. The van der Waals surface area contributed by atoms with E-state index in [0.717, 1.165) is 17.9 Å². The van der Waals surface area contributed by atoms with Gasteiger partial charge in [0.15, 0.2) is 0 Å². The number of ether oxygens (including phenoxy) is 1. The van der Waals surface area contributed by atoms with Gasteiger partial charge < -0.3 is 4.74 Å². The standard InChI is InChI=1S/C28H22NOP/c1-3-12-21(13-4-1)31(22-14-5-2-6-15-22)26-18-10-9-17-24(26)28-29-27-23-16-8-7-11-20(23)19-25(27)30-28/h1-18,25,27H,19H2/t25-,27?/m1/s1. The first-order valence-corrected chi connectivity index (χ1v) is 12.0. The molecule has 0 bridgehead atoms. The summed E-state index contributed by atoms with van der Waals surface area (Å²) in [5.74, 6) is 0.791. The van der Waals surface area contributed by atoms with Crippen LogP contribution in [0, 0.1) is 0 Å². The van der Waals surface area contributed by atoms with Crippen LogP contribution in [0.5, 0.6) is 0 Å². The normalized spacial score (nSPS) is 18.9. The van der Waals surface area contributed by atoms with Crippen molar-refractivity contribution in [2.75, 3.05) is 0 Å². The van der Waals surface area contributed by atoms with Gasteiger partial charge >= 0.3 is 0 Å². The number of benzene rings is 4. The first kappa shape index (κ1) is 18.5. The molecule has 4 aromatic rings. The Kier molecular flexibility index (Phi) is 4.66. The first-order chi connectivity index (χ1) is 15.4. The predicted octanol–water partition coefficient (Wildman–Crippen LogP) is 4.89. The van der Waals surface area contributed by atoms with Gasteiger partial charge in [-0.05, 0) is 41.0 Å². The summed E-state index contributed by atoms with van der Waals surface area (Å²) in [6.45, 7) is 0. The molecule has 0 radical (unpaired) electrons. The highest BCUT2D eigenvalue weighted by Crippen LogP contribution is 2.42. The van der Waals surface area contributed by atoms with Crippen molar-refractivity contribution >= 4 is 29.7 Å². The van der Waals surface area contributed by atoms with E-state index in [-0.39, 0.29) is 12.1 Å². The van der Waals surface area contributed by atoms with Crippen molar-refractivity contribution in [2.24, 2.45) is 4.99 Å². The lowest BCUT2D eigenvalue weighted by Gasteiger charge is -2.22. The van der Waals surface area contributed by atoms with E-state index < -0.39 is 7.92 Å². The maximum atomic E-state index is 6.48. The van der Waals surface area contributed by atoms with Crippen molar-refractivity contribution in [3.05, 3.63) is 126 Å². The molecule has 2 nitrogen and oxygen atoms in total. The molecule has 3 heteroatoms. The Labute approximate surface area is 184 Å². The fourth-order valence-electron chi connectivity index (χ4n) is 4.66. The molecule has 0 spiro atoms. The maximum Gasteiger partial charge on any atom is 0.217 e. The Balaban J connectivity index is 1.47. The van der Waals surface area contributed by atoms with Gasteiger partial charge in [0, 0.05) is 12.0 Å². The van der Waals surface area contributed by atoms with Crippen LogP contribution in [-0.4, -0.2) is 12.0 Å². The third-order valence-corrected chi connectivity index (χ3v) is 8.57. The van der Waals surface area contributed by atoms with Crippen molar-refractivity contribution in [2.45, 2.75) is 18.6 Å². The van der Waals surface area contributed by atoms with Crippen molar-refractivity contribution < 1.29 is 4.74 Å². The number of hydrogen-bond donors (Lipinski definition) is 0. The van der Waals surface area contributed by atoms with E-state index in [1.165, 1.54) is 27.0 Å². The van der Waals surface area contributed by atoms with E-state index >= 15 is 0 Å². The van der Waals surface area contributed by atoms with Crippen LogP contribution in [0.25, 0.3) is 0 Å². The molecule has 2 atom stereocenters. The maximum absolute atomic E-state index is 6.48. The van der Waals surface area contributed by atoms with Crippen LogP contribution in [0.15, 0.2) is 114 Å². The molecule has 1 aliphatic carbocycles. The molecule has 1 heterocycles. The molecule has 0 fully saturated rings. The number of aliphatic imine (C=N–C) groups is 1. The van der Waals surface area contributed by atoms with E-state index in [1.54, 1.807) is 0 Å². The van der Waals surface area contributed by atoms with E-state index in [0.29, 0.717) is 0 Å². The molecule has 150 valence electrons. The van der Waals surface area contributed by atoms with Crippen LogP contribution < -0.4 is 15.9 Å². The van der Waals surface area contributed by atoms with Gasteiger partial charge in [-0.2, -0.15) is 0 Å². The van der Waals surface area contributed by atoms with Gasteiger partial charge in [-0.15, -0.1) is 0 Å². The van der Waals surface area contributed by atoms with Crippen molar-refractivity contribution in [3.8, 4) is 0 Å². The van der Waals surface area contributed by atoms with Crippen LogP contribution in [0.2, 0.25) is 0 Å². The largest absolute Gasteiger partial charge is 0.471 e. The third kappa shape index (κ3) is 3.28. The van der Waals surface area contributed by atoms with Crippen LogP contribution in [0.1, 0.15) is 22.7 Å². The minimum Gasteiger partial charge on any atom is -0.471 e. The quantitative estimate of drug-likeness (QED) is 0.432. The molecule has 0 N–H and O–H groups in total. The highest BCUT2D eigenvalue weighted by molar-refractivity contribution is 7.80. The molecule has 0 aromatic heterocycles. The van der Waals surface area contributed by atoms with Crippen LogP contribution in [0.3, 0.4) is 0 Å². The Bertz CT molecular complexity index is 1210. The van der Waals surface area contributed by atoms with E-state index in [1.807, 2.05) is 0 Å². The SMILES string of the molecule is c1ccc(P(c2ccccc2)c2ccccc2C2=NC3c4ccccc4C[C@H]3O2)cc1. The second-order valence-electron chi connectivity index (χ2n) is 7.96. The molecular formula is C28H22NOP. The summed E-state index contributed by atoms with van der Waals surface area (Å²) in [4.78, 5) is 5.10. The zero-order chi connectivity index (χ0) is 20.6. The lowest BCUT2D eigenvalue weighted by atomic mass is 10.1. The average Bonchev–Trinajstić information content (AvgIpc) is 3.39. The Morgan fingerprint density at radius 3 is 2.03 bits per heavy atom. The van der Waals surface area contributed by atoms with Gasteiger partial charge in [0.2, 0.25) is 5.90 Å². The minimum absolute atomic E-state index is 0.110. The van der Waals surface area contributed by atoms with Gasteiger partial charge in [-0.25, -0.2) is 4.99 Å². The molecular weight excluding hydrogens is 397 g/mol. The van der Waals surface area contributed by atoms with E-state index in [4.69, 9.17) is 9.73 Å². The minimum atomic E-state index is -0.711. The van der Waals surface area contributed by atoms with E-state index in [2.05, 4.69) is 109 Å². The van der Waals surface area contributed by atoms with Crippen molar-refractivity contribution in [1.29, 1.82) is 0 Å². The second-order valence-corrected chi connectivity index (χ2v) is 10.1. The average molecular weight is 419 g/mol. The zero-order valence-electron chi connectivity index (χ0n) is 17.1. The number of fused-ring (bicyclic) bond motifs is 3. The molecule has 6 rings (SSSR count). The second kappa shape index (κ2) is 7.80. The summed E-state index contributed by atoms with van der Waals surface area (Å²) >= 11 is 0. The summed E-state index contributed by atoms with van der Waals surface area (Å²) in [6, 6.07) is 39.0. The smallest absolute Gasteiger partial charge is 0.217 e. The van der Waals surface area contributed by atoms with Gasteiger partial charge in [0.05, 0.1) is 0 Å². The summed E-state index contributed by atoms with van der Waals surface area (Å²) in [5.41, 5.74) is 3.80. The van der Waals surface area contributed by atoms with Crippen LogP contribution >= 0.6 is 7.92 Å². The summed E-state index contributed by atoms with van der Waals surface area (Å²) in [5, 5.41) is 3.96. The number of rotatable bonds is 4. The lowest BCUT2D eigenvalue weighted by Crippen LogP contribution is -2.26. The van der Waals surface area contributed by atoms with Crippen LogP contribution in [0.4, 0.5) is 0 Å².